The van der Waals surface area contributed by atoms with Crippen molar-refractivity contribution in [1.82, 2.24) is 14.7 Å². The zero-order valence-corrected chi connectivity index (χ0v) is 22.1. The van der Waals surface area contributed by atoms with Crippen molar-refractivity contribution in [3.8, 4) is 0 Å². The van der Waals surface area contributed by atoms with Crippen LogP contribution in [0.15, 0.2) is 25.3 Å². The number of hydrogen-bond donors (Lipinski definition) is 1. The number of carbonyl (C=O) groups excluding carboxylic acids is 3. The second-order valence-electron chi connectivity index (χ2n) is 10.7. The van der Waals surface area contributed by atoms with Crippen LogP contribution in [0.1, 0.15) is 33.1 Å². The Morgan fingerprint density at radius 2 is 2.00 bits per heavy atom. The molecule has 4 rings (SSSR count). The molecule has 4 saturated heterocycles. The minimum absolute atomic E-state index is 0.0360. The first-order valence-corrected chi connectivity index (χ1v) is 13.4. The molecule has 0 saturated carbocycles. The molecule has 6 atom stereocenters. The first-order chi connectivity index (χ1) is 17.8. The average molecular weight is 520 g/mol. The van der Waals surface area contributed by atoms with Crippen LogP contribution >= 0.6 is 0 Å². The maximum atomic E-state index is 14.3. The van der Waals surface area contributed by atoms with Crippen molar-refractivity contribution in [3.05, 3.63) is 25.3 Å². The molecule has 4 aliphatic heterocycles. The SMILES string of the molecule is C=CCOC(=O)[C@H]1[C@H]2C(=O)N([C@@H](CC)CO)C(C(=O)N(CC=C)CCN3CCOCC3)C23CC[C@]1(C)O3. The van der Waals surface area contributed by atoms with Gasteiger partial charge in [-0.25, -0.2) is 0 Å². The summed E-state index contributed by atoms with van der Waals surface area (Å²) in [4.78, 5) is 47.1. The summed E-state index contributed by atoms with van der Waals surface area (Å²) in [7, 11) is 0. The van der Waals surface area contributed by atoms with E-state index in [4.69, 9.17) is 14.2 Å². The molecule has 37 heavy (non-hydrogen) atoms. The second kappa shape index (κ2) is 11.2. The number of rotatable bonds is 12. The number of likely N-dealkylation sites (tertiary alicyclic amines) is 1. The van der Waals surface area contributed by atoms with Gasteiger partial charge < -0.3 is 29.1 Å². The molecule has 0 aromatic heterocycles. The Hall–Kier alpha value is -2.27. The van der Waals surface area contributed by atoms with Gasteiger partial charge in [0, 0.05) is 32.7 Å². The van der Waals surface area contributed by atoms with E-state index >= 15 is 0 Å². The fourth-order valence-electron chi connectivity index (χ4n) is 6.75. The van der Waals surface area contributed by atoms with Crippen LogP contribution in [0.5, 0.6) is 0 Å². The minimum Gasteiger partial charge on any atom is -0.461 e. The summed E-state index contributed by atoms with van der Waals surface area (Å²) in [5, 5.41) is 10.2. The molecule has 206 valence electrons. The van der Waals surface area contributed by atoms with Crippen molar-refractivity contribution in [2.24, 2.45) is 11.8 Å². The predicted octanol–water partition coefficient (Wildman–Crippen LogP) is 0.598. The fraction of sp³-hybridized carbons (Fsp3) is 0.741. The van der Waals surface area contributed by atoms with E-state index in [9.17, 15) is 19.5 Å². The fourth-order valence-corrected chi connectivity index (χ4v) is 6.75. The maximum Gasteiger partial charge on any atom is 0.313 e. The quantitative estimate of drug-likeness (QED) is 0.295. The van der Waals surface area contributed by atoms with Crippen LogP contribution in [0.3, 0.4) is 0 Å². The van der Waals surface area contributed by atoms with Crippen LogP contribution in [0.25, 0.3) is 0 Å². The van der Waals surface area contributed by atoms with Crippen molar-refractivity contribution in [1.29, 1.82) is 0 Å². The van der Waals surface area contributed by atoms with Gasteiger partial charge in [0.25, 0.3) is 0 Å². The van der Waals surface area contributed by atoms with Gasteiger partial charge in [-0.1, -0.05) is 25.7 Å². The maximum absolute atomic E-state index is 14.3. The topological polar surface area (TPSA) is 109 Å². The van der Waals surface area contributed by atoms with E-state index in [2.05, 4.69) is 18.1 Å². The number of nitrogens with zero attached hydrogens (tertiary/aromatic N) is 3. The number of morpholine rings is 1. The summed E-state index contributed by atoms with van der Waals surface area (Å²) < 4.78 is 17.4. The van der Waals surface area contributed by atoms with E-state index in [0.29, 0.717) is 52.1 Å². The van der Waals surface area contributed by atoms with Crippen molar-refractivity contribution in [2.45, 2.75) is 56.4 Å². The molecule has 2 amide bonds. The zero-order valence-electron chi connectivity index (χ0n) is 22.1. The molecule has 0 radical (unpaired) electrons. The van der Waals surface area contributed by atoms with Gasteiger partial charge in [-0.05, 0) is 26.2 Å². The molecule has 4 fully saturated rings. The number of carbonyl (C=O) groups is 3. The molecule has 4 aliphatic rings. The molecule has 0 aromatic rings. The van der Waals surface area contributed by atoms with Gasteiger partial charge in [0.2, 0.25) is 11.8 Å². The lowest BCUT2D eigenvalue weighted by molar-refractivity contribution is -0.161. The predicted molar refractivity (Wildman–Crippen MR) is 135 cm³/mol. The highest BCUT2D eigenvalue weighted by atomic mass is 16.6. The van der Waals surface area contributed by atoms with Gasteiger partial charge in [0.05, 0.1) is 37.4 Å². The van der Waals surface area contributed by atoms with E-state index in [0.717, 1.165) is 13.1 Å². The van der Waals surface area contributed by atoms with Gasteiger partial charge in [-0.15, -0.1) is 6.58 Å². The molecule has 0 aromatic carbocycles. The molecule has 4 heterocycles. The van der Waals surface area contributed by atoms with Gasteiger partial charge in [0.1, 0.15) is 24.2 Å². The first kappa shape index (κ1) is 27.8. The molecule has 2 bridgehead atoms. The Bertz CT molecular complexity index is 902. The number of esters is 1. The number of ether oxygens (including phenoxy) is 3. The van der Waals surface area contributed by atoms with Gasteiger partial charge >= 0.3 is 5.97 Å². The molecular formula is C27H41N3O7. The summed E-state index contributed by atoms with van der Waals surface area (Å²) in [5.41, 5.74) is -2.05. The molecular weight excluding hydrogens is 478 g/mol. The highest BCUT2D eigenvalue weighted by molar-refractivity contribution is 5.98. The zero-order chi connectivity index (χ0) is 26.8. The lowest BCUT2D eigenvalue weighted by atomic mass is 9.66. The van der Waals surface area contributed by atoms with Crippen molar-refractivity contribution >= 4 is 17.8 Å². The summed E-state index contributed by atoms with van der Waals surface area (Å²) in [5.74, 6) is -2.74. The van der Waals surface area contributed by atoms with Crippen LogP contribution in [0.4, 0.5) is 0 Å². The molecule has 2 unspecified atom stereocenters. The van der Waals surface area contributed by atoms with E-state index in [-0.39, 0.29) is 25.0 Å². The highest BCUT2D eigenvalue weighted by Crippen LogP contribution is 2.63. The van der Waals surface area contributed by atoms with Crippen molar-refractivity contribution in [3.63, 3.8) is 0 Å². The minimum atomic E-state index is -1.15. The highest BCUT2D eigenvalue weighted by Gasteiger charge is 2.79. The lowest BCUT2D eigenvalue weighted by Gasteiger charge is -2.39. The van der Waals surface area contributed by atoms with E-state index in [1.54, 1.807) is 11.0 Å². The van der Waals surface area contributed by atoms with Gasteiger partial charge in [-0.2, -0.15) is 0 Å². The monoisotopic (exact) mass is 519 g/mol. The third-order valence-electron chi connectivity index (χ3n) is 8.57. The first-order valence-electron chi connectivity index (χ1n) is 13.4. The number of aliphatic hydroxyl groups excluding tert-OH is 1. The normalized spacial score (nSPS) is 33.8. The van der Waals surface area contributed by atoms with Crippen LogP contribution in [0, 0.1) is 11.8 Å². The Morgan fingerprint density at radius 3 is 2.62 bits per heavy atom. The smallest absolute Gasteiger partial charge is 0.313 e. The molecule has 1 spiro atoms. The summed E-state index contributed by atoms with van der Waals surface area (Å²) in [6.45, 7) is 15.3. The summed E-state index contributed by atoms with van der Waals surface area (Å²) in [6, 6.07) is -1.50. The van der Waals surface area contributed by atoms with Gasteiger partial charge in [0.15, 0.2) is 0 Å². The Labute approximate surface area is 219 Å². The van der Waals surface area contributed by atoms with Gasteiger partial charge in [-0.3, -0.25) is 19.3 Å². The Balaban J connectivity index is 1.68. The number of amides is 2. The number of fused-ring (bicyclic) bond motifs is 1. The molecule has 1 N–H and O–H groups in total. The molecule has 10 heteroatoms. The largest absolute Gasteiger partial charge is 0.461 e. The van der Waals surface area contributed by atoms with E-state index < -0.39 is 41.1 Å². The third-order valence-corrected chi connectivity index (χ3v) is 8.57. The lowest BCUT2D eigenvalue weighted by Crippen LogP contribution is -2.59. The number of hydrogen-bond acceptors (Lipinski definition) is 8. The number of aliphatic hydroxyl groups is 1. The second-order valence-corrected chi connectivity index (χ2v) is 10.7. The summed E-state index contributed by atoms with van der Waals surface area (Å²) >= 11 is 0. The Morgan fingerprint density at radius 1 is 1.27 bits per heavy atom. The van der Waals surface area contributed by atoms with Crippen LogP contribution < -0.4 is 0 Å². The standard InChI is InChI=1S/C27H41N3O7/c1-5-10-29(12-11-28-13-16-35-17-14-28)24(33)22-27-9-8-26(4,37-27)21(25(34)36-15-6-2)20(27)23(32)30(22)19(7-3)18-31/h5-6,19-22,31H,1-2,7-18H2,3-4H3/t19-,20-,21+,22?,26-,27?/m0/s1. The van der Waals surface area contributed by atoms with Crippen LogP contribution in [-0.4, -0.2) is 120 Å². The average Bonchev–Trinajstić information content (AvgIpc) is 3.47. The third kappa shape index (κ3) is 4.73. The van der Waals surface area contributed by atoms with Crippen molar-refractivity contribution < 1.29 is 33.7 Å². The van der Waals surface area contributed by atoms with E-state index in [1.807, 2.05) is 13.8 Å². The van der Waals surface area contributed by atoms with E-state index in [1.165, 1.54) is 11.0 Å². The van der Waals surface area contributed by atoms with Crippen molar-refractivity contribution in [2.75, 3.05) is 59.2 Å². The Kier molecular flexibility index (Phi) is 8.42. The van der Waals surface area contributed by atoms with Crippen LogP contribution in [0.2, 0.25) is 0 Å². The molecule has 10 nitrogen and oxygen atoms in total. The summed E-state index contributed by atoms with van der Waals surface area (Å²) in [6.07, 6.45) is 4.64. The van der Waals surface area contributed by atoms with Crippen LogP contribution in [-0.2, 0) is 28.6 Å². The molecule has 0 aliphatic carbocycles.